The molecule has 1 aromatic carbocycles. The first-order valence-corrected chi connectivity index (χ1v) is 5.59. The molecular weight excluding hydrogens is 192 g/mol. The van der Waals surface area contributed by atoms with Crippen LogP contribution in [0.4, 0.5) is 0 Å². The first kappa shape index (κ1) is 9.34. The molecule has 1 N–H and O–H groups in total. The lowest BCUT2D eigenvalue weighted by molar-refractivity contribution is 1.07. The third-order valence-corrected chi connectivity index (χ3v) is 2.94. The number of nitrogens with one attached hydrogen (secondary N) is 1. The van der Waals surface area contributed by atoms with Gasteiger partial charge in [0.25, 0.3) is 0 Å². The quantitative estimate of drug-likeness (QED) is 0.776. The lowest BCUT2D eigenvalue weighted by Gasteiger charge is -1.98. The van der Waals surface area contributed by atoms with E-state index >= 15 is 0 Å². The van der Waals surface area contributed by atoms with Gasteiger partial charge in [0, 0.05) is 23.3 Å². The molecular formula is C11H12N2S. The smallest absolute Gasteiger partial charge is 0.0923 e. The first-order chi connectivity index (χ1) is 6.95. The number of imidazole rings is 1. The zero-order valence-electron chi connectivity index (χ0n) is 7.81. The summed E-state index contributed by atoms with van der Waals surface area (Å²) in [6, 6.07) is 10.4. The third kappa shape index (κ3) is 2.64. The molecule has 14 heavy (non-hydrogen) atoms. The number of benzene rings is 1. The van der Waals surface area contributed by atoms with E-state index in [4.69, 9.17) is 0 Å². The Morgan fingerprint density at radius 1 is 1.21 bits per heavy atom. The van der Waals surface area contributed by atoms with Crippen molar-refractivity contribution in [2.45, 2.75) is 11.3 Å². The number of aromatic nitrogens is 2. The minimum Gasteiger partial charge on any atom is -0.351 e. The lowest BCUT2D eigenvalue weighted by Crippen LogP contribution is -1.87. The summed E-state index contributed by atoms with van der Waals surface area (Å²) < 4.78 is 0. The second kappa shape index (κ2) is 4.86. The van der Waals surface area contributed by atoms with Crippen LogP contribution in [0.5, 0.6) is 0 Å². The Kier molecular flexibility index (Phi) is 3.24. The summed E-state index contributed by atoms with van der Waals surface area (Å²) in [5.74, 6) is 1.08. The number of thioether (sulfide) groups is 1. The highest BCUT2D eigenvalue weighted by molar-refractivity contribution is 7.99. The number of rotatable bonds is 4. The number of nitrogens with zero attached hydrogens (tertiary/aromatic N) is 1. The van der Waals surface area contributed by atoms with Crippen molar-refractivity contribution < 1.29 is 0 Å². The van der Waals surface area contributed by atoms with Crippen molar-refractivity contribution in [2.24, 2.45) is 0 Å². The highest BCUT2D eigenvalue weighted by atomic mass is 32.2. The fourth-order valence-corrected chi connectivity index (χ4v) is 2.11. The Hall–Kier alpha value is -1.22. The molecule has 0 aliphatic heterocycles. The predicted octanol–water partition coefficient (Wildman–Crippen LogP) is 2.74. The van der Waals surface area contributed by atoms with E-state index < -0.39 is 0 Å². The van der Waals surface area contributed by atoms with E-state index in [0.29, 0.717) is 0 Å². The Bertz CT molecular complexity index is 356. The highest BCUT2D eigenvalue weighted by Gasteiger charge is 1.95. The van der Waals surface area contributed by atoms with Gasteiger partial charge in [0.1, 0.15) is 0 Å². The van der Waals surface area contributed by atoms with Crippen molar-refractivity contribution in [2.75, 3.05) is 5.75 Å². The average molecular weight is 204 g/mol. The third-order valence-electron chi connectivity index (χ3n) is 1.92. The normalized spacial score (nSPS) is 10.3. The molecule has 0 atom stereocenters. The molecule has 2 nitrogen and oxygen atoms in total. The van der Waals surface area contributed by atoms with Crippen LogP contribution in [0, 0.1) is 0 Å². The minimum atomic E-state index is 1.02. The SMILES string of the molecule is c1ccc(SCCc2c[nH]cn2)cc1. The van der Waals surface area contributed by atoms with E-state index in [2.05, 4.69) is 34.2 Å². The average Bonchev–Trinajstić information content (AvgIpc) is 2.72. The number of aryl methyl sites for hydroxylation is 1. The molecule has 0 fully saturated rings. The van der Waals surface area contributed by atoms with E-state index in [0.717, 1.165) is 17.9 Å². The van der Waals surface area contributed by atoms with E-state index in [9.17, 15) is 0 Å². The summed E-state index contributed by atoms with van der Waals surface area (Å²) in [5.41, 5.74) is 1.13. The van der Waals surface area contributed by atoms with Gasteiger partial charge in [-0.2, -0.15) is 0 Å². The van der Waals surface area contributed by atoms with Crippen LogP contribution in [0.25, 0.3) is 0 Å². The van der Waals surface area contributed by atoms with Crippen molar-refractivity contribution in [1.29, 1.82) is 0 Å². The summed E-state index contributed by atoms with van der Waals surface area (Å²) in [5, 5.41) is 0. The largest absolute Gasteiger partial charge is 0.351 e. The Labute approximate surface area is 87.8 Å². The summed E-state index contributed by atoms with van der Waals surface area (Å²) in [4.78, 5) is 8.46. The van der Waals surface area contributed by atoms with Crippen LogP contribution in [0.3, 0.4) is 0 Å². The van der Waals surface area contributed by atoms with Gasteiger partial charge in [0.15, 0.2) is 0 Å². The molecule has 0 radical (unpaired) electrons. The fraction of sp³-hybridized carbons (Fsp3) is 0.182. The monoisotopic (exact) mass is 204 g/mol. The molecule has 0 unspecified atom stereocenters. The molecule has 0 amide bonds. The molecule has 2 aromatic rings. The van der Waals surface area contributed by atoms with E-state index in [1.807, 2.05) is 24.0 Å². The van der Waals surface area contributed by atoms with Gasteiger partial charge < -0.3 is 4.98 Å². The molecule has 72 valence electrons. The maximum absolute atomic E-state index is 4.18. The maximum atomic E-state index is 4.18. The van der Waals surface area contributed by atoms with Gasteiger partial charge in [-0.3, -0.25) is 0 Å². The number of aromatic amines is 1. The first-order valence-electron chi connectivity index (χ1n) is 4.60. The van der Waals surface area contributed by atoms with Gasteiger partial charge in [-0.1, -0.05) is 18.2 Å². The van der Waals surface area contributed by atoms with Crippen LogP contribution in [0.1, 0.15) is 5.69 Å². The molecule has 0 spiro atoms. The van der Waals surface area contributed by atoms with Crippen LogP contribution in [0.15, 0.2) is 47.8 Å². The van der Waals surface area contributed by atoms with Gasteiger partial charge in [-0.05, 0) is 12.1 Å². The maximum Gasteiger partial charge on any atom is 0.0923 e. The topological polar surface area (TPSA) is 28.7 Å². The van der Waals surface area contributed by atoms with Gasteiger partial charge in [-0.25, -0.2) is 4.98 Å². The van der Waals surface area contributed by atoms with Gasteiger partial charge >= 0.3 is 0 Å². The Balaban J connectivity index is 1.79. The second-order valence-electron chi connectivity index (χ2n) is 2.97. The van der Waals surface area contributed by atoms with Gasteiger partial charge in [-0.15, -0.1) is 11.8 Å². The van der Waals surface area contributed by atoms with Crippen molar-refractivity contribution in [3.63, 3.8) is 0 Å². The van der Waals surface area contributed by atoms with Crippen molar-refractivity contribution >= 4 is 11.8 Å². The van der Waals surface area contributed by atoms with Crippen molar-refractivity contribution in [3.8, 4) is 0 Å². The number of hydrogen-bond donors (Lipinski definition) is 1. The van der Waals surface area contributed by atoms with Crippen molar-refractivity contribution in [1.82, 2.24) is 9.97 Å². The molecule has 0 saturated carbocycles. The zero-order chi connectivity index (χ0) is 9.64. The zero-order valence-corrected chi connectivity index (χ0v) is 8.63. The van der Waals surface area contributed by atoms with Crippen LogP contribution in [-0.4, -0.2) is 15.7 Å². The fourth-order valence-electron chi connectivity index (χ4n) is 1.22. The molecule has 2 rings (SSSR count). The van der Waals surface area contributed by atoms with E-state index in [1.165, 1.54) is 4.90 Å². The van der Waals surface area contributed by atoms with Crippen LogP contribution in [-0.2, 0) is 6.42 Å². The molecule has 0 aliphatic rings. The Morgan fingerprint density at radius 3 is 2.79 bits per heavy atom. The summed E-state index contributed by atoms with van der Waals surface area (Å²) >= 11 is 1.86. The summed E-state index contributed by atoms with van der Waals surface area (Å²) in [7, 11) is 0. The van der Waals surface area contributed by atoms with E-state index in [-0.39, 0.29) is 0 Å². The molecule has 0 bridgehead atoms. The summed E-state index contributed by atoms with van der Waals surface area (Å²) in [6.45, 7) is 0. The van der Waals surface area contributed by atoms with Crippen LogP contribution in [0.2, 0.25) is 0 Å². The summed E-state index contributed by atoms with van der Waals surface area (Å²) in [6.07, 6.45) is 4.69. The second-order valence-corrected chi connectivity index (χ2v) is 4.14. The molecule has 1 heterocycles. The molecule has 0 aliphatic carbocycles. The van der Waals surface area contributed by atoms with E-state index in [1.54, 1.807) is 6.33 Å². The molecule has 1 aromatic heterocycles. The number of hydrogen-bond acceptors (Lipinski definition) is 2. The predicted molar refractivity (Wildman–Crippen MR) is 59.5 cm³/mol. The van der Waals surface area contributed by atoms with Crippen molar-refractivity contribution in [3.05, 3.63) is 48.5 Å². The highest BCUT2D eigenvalue weighted by Crippen LogP contribution is 2.17. The van der Waals surface area contributed by atoms with Gasteiger partial charge in [0.2, 0.25) is 0 Å². The van der Waals surface area contributed by atoms with Crippen LogP contribution >= 0.6 is 11.8 Å². The number of H-pyrrole nitrogens is 1. The minimum absolute atomic E-state index is 1.02. The van der Waals surface area contributed by atoms with Crippen LogP contribution < -0.4 is 0 Å². The lowest BCUT2D eigenvalue weighted by atomic mass is 10.4. The molecule has 3 heteroatoms. The standard InChI is InChI=1S/C11H12N2S/c1-2-4-11(5-3-1)14-7-6-10-8-12-9-13-10/h1-5,8-9H,6-7H2,(H,12,13). The van der Waals surface area contributed by atoms with Gasteiger partial charge in [0.05, 0.1) is 12.0 Å². The Morgan fingerprint density at radius 2 is 2.07 bits per heavy atom. The molecule has 0 saturated heterocycles.